The van der Waals surface area contributed by atoms with Gasteiger partial charge >= 0.3 is 0 Å². The fourth-order valence-corrected chi connectivity index (χ4v) is 2.53. The molecule has 90 valence electrons. The number of alkyl halides is 1. The van der Waals surface area contributed by atoms with Gasteiger partial charge in [0.2, 0.25) is 0 Å². The lowest BCUT2D eigenvalue weighted by atomic mass is 9.99. The summed E-state index contributed by atoms with van der Waals surface area (Å²) in [4.78, 5) is 8.12. The summed E-state index contributed by atoms with van der Waals surface area (Å²) >= 11 is 8.55. The lowest BCUT2D eigenvalue weighted by molar-refractivity contribution is 0.475. The van der Waals surface area contributed by atoms with Crippen molar-refractivity contribution in [1.29, 1.82) is 0 Å². The third-order valence-corrected chi connectivity index (χ3v) is 3.99. The SMILES string of the molecule is CCC(CC)C(Cl)CNc1ncncc1I. The molecule has 0 spiro atoms. The molecule has 1 unspecified atom stereocenters. The highest BCUT2D eigenvalue weighted by Gasteiger charge is 2.15. The van der Waals surface area contributed by atoms with Crippen LogP contribution < -0.4 is 5.32 Å². The zero-order valence-electron chi connectivity index (χ0n) is 9.58. The van der Waals surface area contributed by atoms with Gasteiger partial charge in [-0.2, -0.15) is 0 Å². The van der Waals surface area contributed by atoms with E-state index in [0.29, 0.717) is 5.92 Å². The summed E-state index contributed by atoms with van der Waals surface area (Å²) in [7, 11) is 0. The number of anilines is 1. The third kappa shape index (κ3) is 4.05. The van der Waals surface area contributed by atoms with E-state index in [4.69, 9.17) is 11.6 Å². The van der Waals surface area contributed by atoms with Crippen molar-refractivity contribution in [3.05, 3.63) is 16.1 Å². The van der Waals surface area contributed by atoms with Crippen molar-refractivity contribution in [3.8, 4) is 0 Å². The van der Waals surface area contributed by atoms with Gasteiger partial charge in [0.15, 0.2) is 0 Å². The Kier molecular flexibility index (Phi) is 6.34. The second-order valence-electron chi connectivity index (χ2n) is 3.69. The van der Waals surface area contributed by atoms with E-state index in [9.17, 15) is 0 Å². The maximum absolute atomic E-state index is 6.34. The number of rotatable bonds is 6. The minimum Gasteiger partial charge on any atom is -0.368 e. The first kappa shape index (κ1) is 14.0. The van der Waals surface area contributed by atoms with Gasteiger partial charge in [-0.15, -0.1) is 11.6 Å². The van der Waals surface area contributed by atoms with Gasteiger partial charge < -0.3 is 5.32 Å². The third-order valence-electron chi connectivity index (χ3n) is 2.69. The number of nitrogens with one attached hydrogen (secondary N) is 1. The average molecular weight is 354 g/mol. The molecule has 0 aliphatic heterocycles. The van der Waals surface area contributed by atoms with Crippen LogP contribution in [0.5, 0.6) is 0 Å². The fraction of sp³-hybridized carbons (Fsp3) is 0.636. The van der Waals surface area contributed by atoms with Crippen molar-refractivity contribution in [2.75, 3.05) is 11.9 Å². The molecule has 0 saturated heterocycles. The number of halogens is 2. The van der Waals surface area contributed by atoms with Crippen molar-refractivity contribution in [2.45, 2.75) is 32.1 Å². The topological polar surface area (TPSA) is 37.8 Å². The summed E-state index contributed by atoms with van der Waals surface area (Å²) in [6.07, 6.45) is 5.57. The minimum atomic E-state index is 0.153. The van der Waals surface area contributed by atoms with Gasteiger partial charge in [0.25, 0.3) is 0 Å². The van der Waals surface area contributed by atoms with Crippen LogP contribution in [0, 0.1) is 9.49 Å². The summed E-state index contributed by atoms with van der Waals surface area (Å²) in [6.45, 7) is 5.11. The van der Waals surface area contributed by atoms with Gasteiger partial charge in [-0.1, -0.05) is 26.7 Å². The van der Waals surface area contributed by atoms with Crippen molar-refractivity contribution in [2.24, 2.45) is 5.92 Å². The molecule has 0 fully saturated rings. The molecule has 0 aliphatic rings. The lowest BCUT2D eigenvalue weighted by Gasteiger charge is -2.19. The average Bonchev–Trinajstić information content (AvgIpc) is 2.29. The van der Waals surface area contributed by atoms with E-state index < -0.39 is 0 Å². The van der Waals surface area contributed by atoms with Crippen LogP contribution in [0.25, 0.3) is 0 Å². The fourth-order valence-electron chi connectivity index (χ4n) is 1.60. The van der Waals surface area contributed by atoms with E-state index in [2.05, 4.69) is 51.7 Å². The van der Waals surface area contributed by atoms with Gasteiger partial charge in [-0.3, -0.25) is 0 Å². The molecule has 0 bridgehead atoms. The Morgan fingerprint density at radius 1 is 1.44 bits per heavy atom. The van der Waals surface area contributed by atoms with Gasteiger partial charge in [0.1, 0.15) is 12.1 Å². The second kappa shape index (κ2) is 7.27. The highest BCUT2D eigenvalue weighted by atomic mass is 127. The molecule has 0 amide bonds. The van der Waals surface area contributed by atoms with Crippen molar-refractivity contribution in [1.82, 2.24) is 9.97 Å². The van der Waals surface area contributed by atoms with E-state index >= 15 is 0 Å². The molecular weight excluding hydrogens is 336 g/mol. The molecular formula is C11H17ClIN3. The Balaban J connectivity index is 2.48. The Morgan fingerprint density at radius 2 is 2.12 bits per heavy atom. The van der Waals surface area contributed by atoms with E-state index in [1.165, 1.54) is 0 Å². The minimum absolute atomic E-state index is 0.153. The van der Waals surface area contributed by atoms with Crippen LogP contribution >= 0.6 is 34.2 Å². The van der Waals surface area contributed by atoms with Gasteiger partial charge in [-0.25, -0.2) is 9.97 Å². The number of hydrogen-bond acceptors (Lipinski definition) is 3. The van der Waals surface area contributed by atoms with E-state index in [1.54, 1.807) is 12.5 Å². The van der Waals surface area contributed by atoms with Crippen LogP contribution in [0.2, 0.25) is 0 Å². The maximum atomic E-state index is 6.34. The van der Waals surface area contributed by atoms with E-state index in [1.807, 2.05) is 0 Å². The number of hydrogen-bond donors (Lipinski definition) is 1. The van der Waals surface area contributed by atoms with Crippen molar-refractivity contribution < 1.29 is 0 Å². The molecule has 3 nitrogen and oxygen atoms in total. The second-order valence-corrected chi connectivity index (χ2v) is 5.42. The molecule has 0 saturated carbocycles. The molecule has 1 N–H and O–H groups in total. The Hall–Kier alpha value is -0.100. The highest BCUT2D eigenvalue weighted by molar-refractivity contribution is 14.1. The molecule has 5 heteroatoms. The maximum Gasteiger partial charge on any atom is 0.142 e. The van der Waals surface area contributed by atoms with Crippen LogP contribution in [0.3, 0.4) is 0 Å². The molecule has 0 radical (unpaired) electrons. The van der Waals surface area contributed by atoms with Crippen molar-refractivity contribution >= 4 is 40.0 Å². The summed E-state index contributed by atoms with van der Waals surface area (Å²) in [5, 5.41) is 3.42. The summed E-state index contributed by atoms with van der Waals surface area (Å²) in [6, 6.07) is 0. The molecule has 1 atom stereocenters. The summed E-state index contributed by atoms with van der Waals surface area (Å²) in [5.74, 6) is 1.43. The summed E-state index contributed by atoms with van der Waals surface area (Å²) in [5.41, 5.74) is 0. The smallest absolute Gasteiger partial charge is 0.142 e. The molecule has 0 aliphatic carbocycles. The molecule has 1 aromatic heterocycles. The predicted octanol–water partition coefficient (Wildman–Crippen LogP) is 3.54. The first-order valence-electron chi connectivity index (χ1n) is 5.52. The zero-order chi connectivity index (χ0) is 12.0. The highest BCUT2D eigenvalue weighted by Crippen LogP contribution is 2.20. The van der Waals surface area contributed by atoms with Crippen LogP contribution in [-0.4, -0.2) is 21.9 Å². The molecule has 1 rings (SSSR count). The predicted molar refractivity (Wildman–Crippen MR) is 77.0 cm³/mol. The quantitative estimate of drug-likeness (QED) is 0.628. The van der Waals surface area contributed by atoms with Gasteiger partial charge in [0, 0.05) is 12.7 Å². The normalized spacial score (nSPS) is 12.8. The first-order valence-corrected chi connectivity index (χ1v) is 7.04. The molecule has 16 heavy (non-hydrogen) atoms. The molecule has 1 aromatic rings. The number of nitrogens with zero attached hydrogens (tertiary/aromatic N) is 2. The largest absolute Gasteiger partial charge is 0.368 e. The standard InChI is InChI=1S/C11H17ClIN3/c1-3-8(4-2)9(12)5-15-11-10(13)6-14-7-16-11/h6-9H,3-5H2,1-2H3,(H,14,15,16). The summed E-state index contributed by atoms with van der Waals surface area (Å²) < 4.78 is 1.02. The Labute approximate surface area is 116 Å². The zero-order valence-corrected chi connectivity index (χ0v) is 12.5. The van der Waals surface area contributed by atoms with E-state index in [0.717, 1.165) is 28.8 Å². The Morgan fingerprint density at radius 3 is 2.69 bits per heavy atom. The van der Waals surface area contributed by atoms with Crippen LogP contribution in [0.15, 0.2) is 12.5 Å². The van der Waals surface area contributed by atoms with Crippen LogP contribution in [0.1, 0.15) is 26.7 Å². The van der Waals surface area contributed by atoms with E-state index in [-0.39, 0.29) is 5.38 Å². The lowest BCUT2D eigenvalue weighted by Crippen LogP contribution is -2.23. The first-order chi connectivity index (χ1) is 7.69. The van der Waals surface area contributed by atoms with Crippen molar-refractivity contribution in [3.63, 3.8) is 0 Å². The van der Waals surface area contributed by atoms with Gasteiger partial charge in [0.05, 0.1) is 8.95 Å². The Bertz CT molecular complexity index is 318. The number of aromatic nitrogens is 2. The molecule has 1 heterocycles. The van der Waals surface area contributed by atoms with Gasteiger partial charge in [-0.05, 0) is 28.5 Å². The molecule has 0 aromatic carbocycles. The van der Waals surface area contributed by atoms with Crippen LogP contribution in [0.4, 0.5) is 5.82 Å². The monoisotopic (exact) mass is 353 g/mol. The van der Waals surface area contributed by atoms with Crippen LogP contribution in [-0.2, 0) is 0 Å².